The third kappa shape index (κ3) is 3.85. The Hall–Kier alpha value is -1.82. The minimum absolute atomic E-state index is 0.0101. The molecule has 0 aliphatic heterocycles. The second-order valence-corrected chi connectivity index (χ2v) is 5.26. The number of benzene rings is 2. The molecule has 0 aromatic heterocycles. The molecule has 0 aliphatic rings. The second kappa shape index (κ2) is 6.76. The number of halogens is 3. The Bertz CT molecular complexity index is 650. The molecule has 21 heavy (non-hydrogen) atoms. The second-order valence-electron chi connectivity index (χ2n) is 4.35. The van der Waals surface area contributed by atoms with Crippen LogP contribution in [0.1, 0.15) is 13.3 Å². The molecular formula is C15H14BrF2NO2. The molecule has 2 aromatic carbocycles. The van der Waals surface area contributed by atoms with Gasteiger partial charge < -0.3 is 15.2 Å². The quantitative estimate of drug-likeness (QED) is 0.774. The Labute approximate surface area is 129 Å². The van der Waals surface area contributed by atoms with Gasteiger partial charge in [0.2, 0.25) is 0 Å². The minimum atomic E-state index is -0.581. The first-order chi connectivity index (χ1) is 10.0. The average molecular weight is 358 g/mol. The molecule has 0 unspecified atom stereocenters. The molecule has 0 radical (unpaired) electrons. The zero-order chi connectivity index (χ0) is 15.4. The number of rotatable bonds is 5. The van der Waals surface area contributed by atoms with E-state index >= 15 is 0 Å². The van der Waals surface area contributed by atoms with E-state index in [0.717, 1.165) is 12.5 Å². The highest BCUT2D eigenvalue weighted by Gasteiger charge is 2.13. The lowest BCUT2D eigenvalue weighted by Gasteiger charge is -2.13. The molecule has 0 bridgehead atoms. The number of nitrogens with two attached hydrogens (primary N) is 1. The highest BCUT2D eigenvalue weighted by atomic mass is 79.9. The average Bonchev–Trinajstić information content (AvgIpc) is 2.44. The summed E-state index contributed by atoms with van der Waals surface area (Å²) in [7, 11) is 0. The first-order valence-corrected chi connectivity index (χ1v) is 7.15. The molecule has 2 aromatic rings. The molecule has 0 saturated heterocycles. The molecule has 6 heteroatoms. The van der Waals surface area contributed by atoms with Crippen LogP contribution in [-0.4, -0.2) is 6.61 Å². The molecular weight excluding hydrogens is 344 g/mol. The van der Waals surface area contributed by atoms with E-state index in [-0.39, 0.29) is 22.9 Å². The number of nitrogen functional groups attached to an aromatic ring is 1. The first kappa shape index (κ1) is 15.6. The standard InChI is InChI=1S/C15H14BrF2NO2/c1-2-5-20-13-8-15(12(19)7-11(13)18)21-14-6-9(16)3-4-10(14)17/h3-4,6-8H,2,5,19H2,1H3. The van der Waals surface area contributed by atoms with Crippen LogP contribution < -0.4 is 15.2 Å². The largest absolute Gasteiger partial charge is 0.490 e. The third-order valence-corrected chi connectivity index (χ3v) is 3.13. The van der Waals surface area contributed by atoms with Gasteiger partial charge in [-0.3, -0.25) is 0 Å². The van der Waals surface area contributed by atoms with Gasteiger partial charge in [-0.05, 0) is 24.6 Å². The van der Waals surface area contributed by atoms with Crippen LogP contribution in [0.5, 0.6) is 17.2 Å². The maximum absolute atomic E-state index is 13.7. The van der Waals surface area contributed by atoms with Crippen LogP contribution >= 0.6 is 15.9 Å². The number of ether oxygens (including phenoxy) is 2. The normalized spacial score (nSPS) is 10.5. The van der Waals surface area contributed by atoms with E-state index in [1.54, 1.807) is 6.07 Å². The van der Waals surface area contributed by atoms with Gasteiger partial charge in [0, 0.05) is 16.6 Å². The van der Waals surface area contributed by atoms with Gasteiger partial charge in [-0.2, -0.15) is 0 Å². The van der Waals surface area contributed by atoms with Gasteiger partial charge in [0.25, 0.3) is 0 Å². The fourth-order valence-electron chi connectivity index (χ4n) is 1.64. The summed E-state index contributed by atoms with van der Waals surface area (Å²) < 4.78 is 38.7. The van der Waals surface area contributed by atoms with Crippen LogP contribution in [0.15, 0.2) is 34.8 Å². The Morgan fingerprint density at radius 1 is 1.05 bits per heavy atom. The molecule has 3 nitrogen and oxygen atoms in total. The Balaban J connectivity index is 2.32. The van der Waals surface area contributed by atoms with Crippen LogP contribution in [0.2, 0.25) is 0 Å². The monoisotopic (exact) mass is 357 g/mol. The van der Waals surface area contributed by atoms with Gasteiger partial charge in [0.15, 0.2) is 28.9 Å². The van der Waals surface area contributed by atoms with Gasteiger partial charge in [-0.1, -0.05) is 22.9 Å². The lowest BCUT2D eigenvalue weighted by atomic mass is 10.2. The van der Waals surface area contributed by atoms with Crippen molar-refractivity contribution in [1.29, 1.82) is 0 Å². The Morgan fingerprint density at radius 2 is 1.81 bits per heavy atom. The Morgan fingerprint density at radius 3 is 2.52 bits per heavy atom. The predicted octanol–water partition coefficient (Wildman–Crippen LogP) is 4.89. The van der Waals surface area contributed by atoms with Crippen molar-refractivity contribution in [3.8, 4) is 17.2 Å². The van der Waals surface area contributed by atoms with Crippen molar-refractivity contribution in [2.75, 3.05) is 12.3 Å². The summed E-state index contributed by atoms with van der Waals surface area (Å²) in [5.74, 6) is -0.971. The summed E-state index contributed by atoms with van der Waals surface area (Å²) in [5, 5.41) is 0. The van der Waals surface area contributed by atoms with Crippen LogP contribution in [-0.2, 0) is 0 Å². The zero-order valence-electron chi connectivity index (χ0n) is 11.3. The zero-order valence-corrected chi connectivity index (χ0v) is 12.9. The van der Waals surface area contributed by atoms with Gasteiger partial charge in [0.05, 0.1) is 12.3 Å². The van der Waals surface area contributed by atoms with E-state index in [1.165, 1.54) is 18.2 Å². The number of anilines is 1. The van der Waals surface area contributed by atoms with Crippen LogP contribution in [0.25, 0.3) is 0 Å². The van der Waals surface area contributed by atoms with Crippen LogP contribution in [0, 0.1) is 11.6 Å². The lowest BCUT2D eigenvalue weighted by Crippen LogP contribution is -2.01. The molecule has 0 spiro atoms. The summed E-state index contributed by atoms with van der Waals surface area (Å²) in [5.41, 5.74) is 5.77. The van der Waals surface area contributed by atoms with Crippen molar-refractivity contribution in [2.45, 2.75) is 13.3 Å². The first-order valence-electron chi connectivity index (χ1n) is 6.36. The summed E-state index contributed by atoms with van der Waals surface area (Å²) >= 11 is 3.23. The molecule has 0 fully saturated rings. The molecule has 112 valence electrons. The van der Waals surface area contributed by atoms with Crippen molar-refractivity contribution in [2.24, 2.45) is 0 Å². The molecule has 0 saturated carbocycles. The SMILES string of the molecule is CCCOc1cc(Oc2cc(Br)ccc2F)c(N)cc1F. The summed E-state index contributed by atoms with van der Waals surface area (Å²) in [6, 6.07) is 6.68. The van der Waals surface area contributed by atoms with E-state index in [4.69, 9.17) is 15.2 Å². The topological polar surface area (TPSA) is 44.5 Å². The highest BCUT2D eigenvalue weighted by Crippen LogP contribution is 2.35. The minimum Gasteiger partial charge on any atom is -0.490 e. The smallest absolute Gasteiger partial charge is 0.167 e. The van der Waals surface area contributed by atoms with Gasteiger partial charge in [-0.25, -0.2) is 8.78 Å². The van der Waals surface area contributed by atoms with E-state index < -0.39 is 11.6 Å². The number of hydrogen-bond donors (Lipinski definition) is 1. The Kier molecular flexibility index (Phi) is 5.01. The van der Waals surface area contributed by atoms with Gasteiger partial charge in [0.1, 0.15) is 0 Å². The number of hydrogen-bond acceptors (Lipinski definition) is 3. The van der Waals surface area contributed by atoms with E-state index in [1.807, 2.05) is 6.92 Å². The lowest BCUT2D eigenvalue weighted by molar-refractivity contribution is 0.299. The molecule has 0 amide bonds. The summed E-state index contributed by atoms with van der Waals surface area (Å²) in [4.78, 5) is 0. The van der Waals surface area contributed by atoms with Crippen molar-refractivity contribution in [1.82, 2.24) is 0 Å². The van der Waals surface area contributed by atoms with Crippen LogP contribution in [0.4, 0.5) is 14.5 Å². The maximum atomic E-state index is 13.7. The molecule has 2 N–H and O–H groups in total. The van der Waals surface area contributed by atoms with Crippen molar-refractivity contribution < 1.29 is 18.3 Å². The fourth-order valence-corrected chi connectivity index (χ4v) is 1.98. The fraction of sp³-hybridized carbons (Fsp3) is 0.200. The molecule has 0 aliphatic carbocycles. The van der Waals surface area contributed by atoms with E-state index in [0.29, 0.717) is 11.1 Å². The van der Waals surface area contributed by atoms with Gasteiger partial charge >= 0.3 is 0 Å². The molecule has 0 heterocycles. The predicted molar refractivity (Wildman–Crippen MR) is 80.8 cm³/mol. The van der Waals surface area contributed by atoms with Crippen molar-refractivity contribution in [3.05, 3.63) is 46.4 Å². The van der Waals surface area contributed by atoms with E-state index in [9.17, 15) is 8.78 Å². The van der Waals surface area contributed by atoms with Gasteiger partial charge in [-0.15, -0.1) is 0 Å². The molecule has 2 rings (SSSR count). The highest BCUT2D eigenvalue weighted by molar-refractivity contribution is 9.10. The summed E-state index contributed by atoms with van der Waals surface area (Å²) in [6.45, 7) is 2.27. The third-order valence-electron chi connectivity index (χ3n) is 2.64. The van der Waals surface area contributed by atoms with Crippen molar-refractivity contribution >= 4 is 21.6 Å². The van der Waals surface area contributed by atoms with Crippen molar-refractivity contribution in [3.63, 3.8) is 0 Å². The molecule has 0 atom stereocenters. The van der Waals surface area contributed by atoms with E-state index in [2.05, 4.69) is 15.9 Å². The van der Waals surface area contributed by atoms with Crippen LogP contribution in [0.3, 0.4) is 0 Å². The maximum Gasteiger partial charge on any atom is 0.167 e. The summed E-state index contributed by atoms with van der Waals surface area (Å²) in [6.07, 6.45) is 0.736.